The Morgan fingerprint density at radius 2 is 1.94 bits per heavy atom. The van der Waals surface area contributed by atoms with Gasteiger partial charge in [-0.3, -0.25) is 4.98 Å². The zero-order chi connectivity index (χ0) is 12.4. The molecular weight excluding hydrogens is 222 g/mol. The van der Waals surface area contributed by atoms with E-state index < -0.39 is 0 Å². The van der Waals surface area contributed by atoms with Crippen molar-refractivity contribution in [3.05, 3.63) is 36.2 Å². The molecular formula is C15H19N3. The number of hydrogen-bond acceptors (Lipinski definition) is 3. The molecule has 2 N–H and O–H groups in total. The largest absolute Gasteiger partial charge is 0.371 e. The minimum absolute atomic E-state index is 0.653. The predicted octanol–water partition coefficient (Wildman–Crippen LogP) is 2.34. The maximum absolute atomic E-state index is 5.66. The normalized spacial score (nSPS) is 15.5. The van der Waals surface area contributed by atoms with Gasteiger partial charge in [-0.05, 0) is 31.5 Å². The van der Waals surface area contributed by atoms with Crippen LogP contribution in [0.3, 0.4) is 0 Å². The molecule has 0 bridgehead atoms. The summed E-state index contributed by atoms with van der Waals surface area (Å²) in [4.78, 5) is 6.95. The van der Waals surface area contributed by atoms with Crippen LogP contribution in [0.2, 0.25) is 0 Å². The van der Waals surface area contributed by atoms with Crippen LogP contribution >= 0.6 is 0 Å². The number of anilines is 1. The van der Waals surface area contributed by atoms with Gasteiger partial charge in [-0.2, -0.15) is 0 Å². The number of benzene rings is 1. The van der Waals surface area contributed by atoms with Crippen molar-refractivity contribution in [3.8, 4) is 0 Å². The van der Waals surface area contributed by atoms with Crippen LogP contribution in [-0.2, 0) is 6.42 Å². The maximum Gasteiger partial charge on any atom is 0.0495 e. The number of fused-ring (bicyclic) bond motifs is 1. The van der Waals surface area contributed by atoms with Gasteiger partial charge in [-0.25, -0.2) is 0 Å². The highest BCUT2D eigenvalue weighted by Crippen LogP contribution is 2.30. The topological polar surface area (TPSA) is 42.1 Å². The van der Waals surface area contributed by atoms with Crippen molar-refractivity contribution >= 4 is 16.5 Å². The summed E-state index contributed by atoms with van der Waals surface area (Å²) < 4.78 is 0. The average Bonchev–Trinajstić information content (AvgIpc) is 2.93. The van der Waals surface area contributed by atoms with Crippen molar-refractivity contribution < 1.29 is 0 Å². The van der Waals surface area contributed by atoms with Crippen LogP contribution in [-0.4, -0.2) is 24.6 Å². The molecule has 0 spiro atoms. The Morgan fingerprint density at radius 3 is 2.72 bits per heavy atom. The molecule has 0 amide bonds. The first-order chi connectivity index (χ1) is 8.90. The predicted molar refractivity (Wildman–Crippen MR) is 75.9 cm³/mol. The third-order valence-electron chi connectivity index (χ3n) is 3.69. The molecule has 94 valence electrons. The fourth-order valence-corrected chi connectivity index (χ4v) is 2.82. The van der Waals surface area contributed by atoms with Crippen molar-refractivity contribution in [1.29, 1.82) is 0 Å². The lowest BCUT2D eigenvalue weighted by molar-refractivity contribution is 0.934. The molecule has 3 nitrogen and oxygen atoms in total. The second kappa shape index (κ2) is 4.94. The molecule has 0 aliphatic carbocycles. The van der Waals surface area contributed by atoms with Crippen molar-refractivity contribution in [3.63, 3.8) is 0 Å². The minimum Gasteiger partial charge on any atom is -0.371 e. The molecule has 3 rings (SSSR count). The summed E-state index contributed by atoms with van der Waals surface area (Å²) in [5.74, 6) is 0. The van der Waals surface area contributed by atoms with Gasteiger partial charge < -0.3 is 10.6 Å². The second-order valence-electron chi connectivity index (χ2n) is 4.86. The monoisotopic (exact) mass is 241 g/mol. The lowest BCUT2D eigenvalue weighted by Gasteiger charge is -2.20. The Labute approximate surface area is 108 Å². The van der Waals surface area contributed by atoms with E-state index in [0.717, 1.165) is 12.1 Å². The third-order valence-corrected chi connectivity index (χ3v) is 3.69. The van der Waals surface area contributed by atoms with Gasteiger partial charge in [0, 0.05) is 47.9 Å². The zero-order valence-electron chi connectivity index (χ0n) is 10.6. The Bertz CT molecular complexity index is 544. The summed E-state index contributed by atoms with van der Waals surface area (Å²) in [7, 11) is 0. The summed E-state index contributed by atoms with van der Waals surface area (Å²) >= 11 is 0. The molecule has 1 aromatic heterocycles. The Balaban J connectivity index is 2.12. The highest BCUT2D eigenvalue weighted by Gasteiger charge is 2.15. The molecule has 1 saturated heterocycles. The molecule has 2 aromatic rings. The molecule has 2 heterocycles. The molecule has 0 unspecified atom stereocenters. The average molecular weight is 241 g/mol. The van der Waals surface area contributed by atoms with Crippen LogP contribution < -0.4 is 10.6 Å². The van der Waals surface area contributed by atoms with E-state index in [1.54, 1.807) is 0 Å². The van der Waals surface area contributed by atoms with Crippen molar-refractivity contribution in [2.45, 2.75) is 19.3 Å². The van der Waals surface area contributed by atoms with Crippen molar-refractivity contribution in [2.75, 3.05) is 24.5 Å². The van der Waals surface area contributed by atoms with Gasteiger partial charge >= 0.3 is 0 Å². The van der Waals surface area contributed by atoms with Crippen molar-refractivity contribution in [2.24, 2.45) is 5.73 Å². The Hall–Kier alpha value is -1.61. The van der Waals surface area contributed by atoms with E-state index in [1.165, 1.54) is 42.4 Å². The van der Waals surface area contributed by atoms with E-state index in [1.807, 2.05) is 6.20 Å². The van der Waals surface area contributed by atoms with Gasteiger partial charge in [0.15, 0.2) is 0 Å². The fraction of sp³-hybridized carbons (Fsp3) is 0.400. The molecule has 1 aliphatic heterocycles. The summed E-state index contributed by atoms with van der Waals surface area (Å²) in [6, 6.07) is 8.65. The van der Waals surface area contributed by atoms with Crippen LogP contribution in [0.15, 0.2) is 30.5 Å². The van der Waals surface area contributed by atoms with Gasteiger partial charge in [-0.1, -0.05) is 12.1 Å². The maximum atomic E-state index is 5.66. The highest BCUT2D eigenvalue weighted by atomic mass is 15.1. The standard InChI is InChI=1S/C15H19N3/c16-8-6-14-12-4-3-5-15(13(12)7-9-17-14)18-10-1-2-11-18/h3-5,7,9H,1-2,6,8,10-11,16H2. The van der Waals surface area contributed by atoms with Gasteiger partial charge in [-0.15, -0.1) is 0 Å². The molecule has 3 heteroatoms. The van der Waals surface area contributed by atoms with E-state index in [0.29, 0.717) is 6.54 Å². The zero-order valence-corrected chi connectivity index (χ0v) is 10.6. The number of pyridine rings is 1. The smallest absolute Gasteiger partial charge is 0.0495 e. The third kappa shape index (κ3) is 1.95. The summed E-state index contributed by atoms with van der Waals surface area (Å²) in [5, 5.41) is 2.57. The number of aromatic nitrogens is 1. The lowest BCUT2D eigenvalue weighted by Crippen LogP contribution is -2.18. The van der Waals surface area contributed by atoms with Gasteiger partial charge in [0.25, 0.3) is 0 Å². The molecule has 0 saturated carbocycles. The molecule has 0 atom stereocenters. The molecule has 1 aliphatic rings. The number of rotatable bonds is 3. The van der Waals surface area contributed by atoms with E-state index in [2.05, 4.69) is 34.1 Å². The van der Waals surface area contributed by atoms with E-state index >= 15 is 0 Å². The van der Waals surface area contributed by atoms with Crippen LogP contribution in [0.1, 0.15) is 18.5 Å². The van der Waals surface area contributed by atoms with E-state index in [-0.39, 0.29) is 0 Å². The first-order valence-electron chi connectivity index (χ1n) is 6.72. The number of nitrogens with zero attached hydrogens (tertiary/aromatic N) is 2. The van der Waals surface area contributed by atoms with E-state index in [9.17, 15) is 0 Å². The van der Waals surface area contributed by atoms with Gasteiger partial charge in [0.05, 0.1) is 0 Å². The first kappa shape index (κ1) is 11.5. The first-order valence-corrected chi connectivity index (χ1v) is 6.72. The van der Waals surface area contributed by atoms with Crippen LogP contribution in [0, 0.1) is 0 Å². The quantitative estimate of drug-likeness (QED) is 0.896. The Morgan fingerprint density at radius 1 is 1.11 bits per heavy atom. The van der Waals surface area contributed by atoms with E-state index in [4.69, 9.17) is 5.73 Å². The molecule has 1 fully saturated rings. The lowest BCUT2D eigenvalue weighted by atomic mass is 10.1. The minimum atomic E-state index is 0.653. The number of nitrogens with two attached hydrogens (primary N) is 1. The SMILES string of the molecule is NCCc1nccc2c(N3CCCC3)cccc12. The summed E-state index contributed by atoms with van der Waals surface area (Å²) in [5.41, 5.74) is 8.14. The summed E-state index contributed by atoms with van der Waals surface area (Å²) in [6.45, 7) is 3.00. The highest BCUT2D eigenvalue weighted by molar-refractivity contribution is 5.95. The summed E-state index contributed by atoms with van der Waals surface area (Å²) in [6.07, 6.45) is 5.36. The molecule has 18 heavy (non-hydrogen) atoms. The van der Waals surface area contributed by atoms with Crippen LogP contribution in [0.5, 0.6) is 0 Å². The second-order valence-corrected chi connectivity index (χ2v) is 4.86. The Kier molecular flexibility index (Phi) is 3.15. The van der Waals surface area contributed by atoms with Crippen LogP contribution in [0.25, 0.3) is 10.8 Å². The number of hydrogen-bond donors (Lipinski definition) is 1. The van der Waals surface area contributed by atoms with Crippen molar-refractivity contribution in [1.82, 2.24) is 4.98 Å². The fourth-order valence-electron chi connectivity index (χ4n) is 2.82. The van der Waals surface area contributed by atoms with Gasteiger partial charge in [0.2, 0.25) is 0 Å². The molecule has 1 aromatic carbocycles. The molecule has 0 radical (unpaired) electrons. The van der Waals surface area contributed by atoms with Crippen LogP contribution in [0.4, 0.5) is 5.69 Å². The van der Waals surface area contributed by atoms with Gasteiger partial charge in [0.1, 0.15) is 0 Å².